The number of nitrogens with zero attached hydrogens (tertiary/aromatic N) is 2. The number of hydrogen-bond donors (Lipinski definition) is 1. The van der Waals surface area contributed by atoms with Crippen LogP contribution >= 0.6 is 11.8 Å². The second-order valence-corrected chi connectivity index (χ2v) is 11.1. The van der Waals surface area contributed by atoms with Gasteiger partial charge in [0.2, 0.25) is 11.8 Å². The molecule has 3 aliphatic heterocycles. The first-order valence-corrected chi connectivity index (χ1v) is 13.6. The molecule has 5 atom stereocenters. The van der Waals surface area contributed by atoms with E-state index >= 15 is 0 Å². The van der Waals surface area contributed by atoms with Crippen LogP contribution < -0.4 is 0 Å². The molecule has 3 fully saturated rings. The number of rotatable bonds is 15. The number of carbonyl (C=O) groups is 3. The van der Waals surface area contributed by atoms with E-state index in [0.29, 0.717) is 32.7 Å². The first-order chi connectivity index (χ1) is 16.5. The van der Waals surface area contributed by atoms with E-state index in [4.69, 9.17) is 4.74 Å². The quantitative estimate of drug-likeness (QED) is 0.215. The zero-order valence-electron chi connectivity index (χ0n) is 20.5. The number of ether oxygens (including phenoxy) is 1. The molecule has 3 rings (SSSR count). The maximum atomic E-state index is 13.9. The van der Waals surface area contributed by atoms with Gasteiger partial charge < -0.3 is 19.6 Å². The molecule has 2 bridgehead atoms. The van der Waals surface area contributed by atoms with Gasteiger partial charge in [-0.1, -0.05) is 25.5 Å². The summed E-state index contributed by atoms with van der Waals surface area (Å²) in [5.41, 5.74) is 0. The van der Waals surface area contributed by atoms with Crippen LogP contribution in [0.1, 0.15) is 58.3 Å². The lowest BCUT2D eigenvalue weighted by Gasteiger charge is -2.37. The average molecular weight is 493 g/mol. The van der Waals surface area contributed by atoms with Crippen LogP contribution in [-0.2, 0) is 19.1 Å². The third-order valence-electron chi connectivity index (χ3n) is 7.35. The summed E-state index contributed by atoms with van der Waals surface area (Å²) in [6.07, 6.45) is 9.93. The van der Waals surface area contributed by atoms with Crippen LogP contribution in [-0.4, -0.2) is 81.6 Å². The van der Waals surface area contributed by atoms with E-state index in [9.17, 15) is 19.5 Å². The second-order valence-electron chi connectivity index (χ2n) is 9.54. The van der Waals surface area contributed by atoms with Gasteiger partial charge in [-0.2, -0.15) is 0 Å². The Morgan fingerprint density at radius 1 is 1.26 bits per heavy atom. The number of unbranched alkanes of at least 4 members (excludes halogenated alkanes) is 3. The molecule has 0 aromatic carbocycles. The lowest BCUT2D eigenvalue weighted by Crippen LogP contribution is -2.55. The Morgan fingerprint density at radius 2 is 2.06 bits per heavy atom. The molecular formula is C26H40N2O5S. The minimum atomic E-state index is -0.617. The van der Waals surface area contributed by atoms with Crippen molar-refractivity contribution in [2.24, 2.45) is 11.8 Å². The first kappa shape index (κ1) is 26.8. The molecule has 1 spiro atoms. The lowest BCUT2D eigenvalue weighted by atomic mass is 9.71. The molecule has 8 heteroatoms. The molecule has 2 amide bonds. The third kappa shape index (κ3) is 5.08. The van der Waals surface area contributed by atoms with Gasteiger partial charge in [-0.25, -0.2) is 0 Å². The minimum Gasteiger partial charge on any atom is -0.465 e. The summed E-state index contributed by atoms with van der Waals surface area (Å²) in [5.74, 6) is -1.55. The summed E-state index contributed by atoms with van der Waals surface area (Å²) in [6, 6.07) is -0.617. The number of fused-ring (bicyclic) bond motifs is 1. The SMILES string of the molecule is C=CCCCCOC(=O)[C@@H]1[C@@H]2CCC3(S2)C(C(=O)N(CC=C)CCCC)N(CCCO)C(=O)[C@H]13. The number of aliphatic hydroxyl groups is 1. The van der Waals surface area contributed by atoms with Crippen LogP contribution in [0.3, 0.4) is 0 Å². The summed E-state index contributed by atoms with van der Waals surface area (Å²) in [7, 11) is 0. The second kappa shape index (κ2) is 12.2. The van der Waals surface area contributed by atoms with E-state index in [0.717, 1.165) is 44.9 Å². The highest BCUT2D eigenvalue weighted by molar-refractivity contribution is 8.02. The summed E-state index contributed by atoms with van der Waals surface area (Å²) >= 11 is 1.66. The number of esters is 1. The number of hydrogen-bond acceptors (Lipinski definition) is 6. The van der Waals surface area contributed by atoms with Crippen LogP contribution in [0.15, 0.2) is 25.3 Å². The van der Waals surface area contributed by atoms with E-state index in [-0.39, 0.29) is 29.6 Å². The van der Waals surface area contributed by atoms with Gasteiger partial charge in [0.15, 0.2) is 0 Å². The summed E-state index contributed by atoms with van der Waals surface area (Å²) in [6.45, 7) is 11.3. The van der Waals surface area contributed by atoms with Crippen molar-refractivity contribution in [3.05, 3.63) is 25.3 Å². The van der Waals surface area contributed by atoms with Crippen LogP contribution in [0.5, 0.6) is 0 Å². The predicted molar refractivity (Wildman–Crippen MR) is 134 cm³/mol. The fraction of sp³-hybridized carbons (Fsp3) is 0.731. The molecule has 0 aromatic heterocycles. The number of carbonyl (C=O) groups excluding carboxylic acids is 3. The zero-order valence-corrected chi connectivity index (χ0v) is 21.3. The number of allylic oxidation sites excluding steroid dienone is 1. The maximum absolute atomic E-state index is 13.9. The largest absolute Gasteiger partial charge is 0.465 e. The molecule has 1 N–H and O–H groups in total. The Balaban J connectivity index is 1.85. The molecule has 0 saturated carbocycles. The fourth-order valence-corrected chi connectivity index (χ4v) is 8.01. The lowest BCUT2D eigenvalue weighted by molar-refractivity contribution is -0.154. The van der Waals surface area contributed by atoms with Crippen molar-refractivity contribution >= 4 is 29.5 Å². The van der Waals surface area contributed by atoms with E-state index in [2.05, 4.69) is 20.1 Å². The van der Waals surface area contributed by atoms with E-state index in [1.54, 1.807) is 27.6 Å². The minimum absolute atomic E-state index is 0.00779. The molecule has 0 aromatic rings. The van der Waals surface area contributed by atoms with Gasteiger partial charge in [0.25, 0.3) is 0 Å². The Kier molecular flexibility index (Phi) is 9.65. The van der Waals surface area contributed by atoms with Gasteiger partial charge in [0.05, 0.1) is 23.2 Å². The molecular weight excluding hydrogens is 452 g/mol. The van der Waals surface area contributed by atoms with E-state index < -0.39 is 22.6 Å². The Bertz CT molecular complexity index is 774. The molecule has 2 unspecified atom stereocenters. The molecule has 0 radical (unpaired) electrons. The van der Waals surface area contributed by atoms with Gasteiger partial charge in [0, 0.05) is 31.5 Å². The van der Waals surface area contributed by atoms with Crippen molar-refractivity contribution in [2.75, 3.05) is 32.8 Å². The number of amides is 2. The molecule has 7 nitrogen and oxygen atoms in total. The van der Waals surface area contributed by atoms with Crippen LogP contribution in [0.4, 0.5) is 0 Å². The maximum Gasteiger partial charge on any atom is 0.310 e. The fourth-order valence-electron chi connectivity index (χ4n) is 5.81. The topological polar surface area (TPSA) is 87.2 Å². The summed E-state index contributed by atoms with van der Waals surface area (Å²) < 4.78 is 5.02. The Morgan fingerprint density at radius 3 is 2.74 bits per heavy atom. The third-order valence-corrected chi connectivity index (χ3v) is 9.30. The standard InChI is InChI=1S/C26H40N2O5S/c1-4-7-9-10-18-33-25(32)20-19-12-13-26(34-19)21(20)23(30)28(16-11-17-29)22(26)24(31)27(14-6-3)15-8-5-2/h4,6,19-22,29H,1,3,5,7-18H2,2H3/t19-,20+,21-,22?,26?/m0/s1. The van der Waals surface area contributed by atoms with Crippen LogP contribution in [0.25, 0.3) is 0 Å². The molecule has 34 heavy (non-hydrogen) atoms. The average Bonchev–Trinajstić information content (AvgIpc) is 3.47. The van der Waals surface area contributed by atoms with Crippen molar-refractivity contribution in [3.63, 3.8) is 0 Å². The van der Waals surface area contributed by atoms with Crippen LogP contribution in [0, 0.1) is 11.8 Å². The van der Waals surface area contributed by atoms with Crippen molar-refractivity contribution in [3.8, 4) is 0 Å². The van der Waals surface area contributed by atoms with Gasteiger partial charge >= 0.3 is 5.97 Å². The van der Waals surface area contributed by atoms with E-state index in [1.165, 1.54) is 0 Å². The summed E-state index contributed by atoms with van der Waals surface area (Å²) in [4.78, 5) is 44.3. The van der Waals surface area contributed by atoms with Crippen LogP contribution in [0.2, 0.25) is 0 Å². The number of likely N-dealkylation sites (tertiary alicyclic amines) is 1. The molecule has 3 saturated heterocycles. The monoisotopic (exact) mass is 492 g/mol. The molecule has 3 heterocycles. The Labute approximate surface area is 208 Å². The van der Waals surface area contributed by atoms with Crippen molar-refractivity contribution in [1.82, 2.24) is 9.80 Å². The Hall–Kier alpha value is -1.80. The summed E-state index contributed by atoms with van der Waals surface area (Å²) in [5, 5.41) is 9.45. The highest BCUT2D eigenvalue weighted by Crippen LogP contribution is 2.66. The zero-order chi connectivity index (χ0) is 24.7. The molecule has 190 valence electrons. The predicted octanol–water partition coefficient (Wildman–Crippen LogP) is 3.17. The van der Waals surface area contributed by atoms with Gasteiger partial charge in [-0.05, 0) is 44.9 Å². The van der Waals surface area contributed by atoms with Crippen molar-refractivity contribution in [1.29, 1.82) is 0 Å². The normalized spacial score (nSPS) is 29.2. The highest BCUT2D eigenvalue weighted by atomic mass is 32.2. The molecule has 0 aliphatic carbocycles. The van der Waals surface area contributed by atoms with Gasteiger partial charge in [-0.15, -0.1) is 24.9 Å². The van der Waals surface area contributed by atoms with Gasteiger partial charge in [0.1, 0.15) is 6.04 Å². The van der Waals surface area contributed by atoms with Crippen molar-refractivity contribution in [2.45, 2.75) is 74.3 Å². The molecule has 3 aliphatic rings. The van der Waals surface area contributed by atoms with Gasteiger partial charge in [-0.3, -0.25) is 14.4 Å². The highest BCUT2D eigenvalue weighted by Gasteiger charge is 2.74. The van der Waals surface area contributed by atoms with E-state index in [1.807, 2.05) is 6.08 Å². The number of aliphatic hydroxyl groups excluding tert-OH is 1. The first-order valence-electron chi connectivity index (χ1n) is 12.7. The van der Waals surface area contributed by atoms with Crippen molar-refractivity contribution < 1.29 is 24.2 Å². The smallest absolute Gasteiger partial charge is 0.310 e. The number of thioether (sulfide) groups is 1.